The molecule has 0 spiro atoms. The highest BCUT2D eigenvalue weighted by atomic mass is 16.5. The minimum Gasteiger partial charge on any atom is -0.466 e. The fourth-order valence-corrected chi connectivity index (χ4v) is 8.50. The summed E-state index contributed by atoms with van der Waals surface area (Å²) in [4.78, 5) is 24.5. The number of esters is 1. The van der Waals surface area contributed by atoms with Crippen molar-refractivity contribution in [2.75, 3.05) is 13.2 Å². The van der Waals surface area contributed by atoms with E-state index in [2.05, 4.69) is 43.5 Å². The van der Waals surface area contributed by atoms with Crippen molar-refractivity contribution in [3.63, 3.8) is 0 Å². The number of ether oxygens (including phenoxy) is 1. The van der Waals surface area contributed by atoms with Gasteiger partial charge >= 0.3 is 5.97 Å². The quantitative estimate of drug-likeness (QED) is 0.0321. The zero-order valence-electron chi connectivity index (χ0n) is 42.8. The van der Waals surface area contributed by atoms with Gasteiger partial charge in [0.15, 0.2) is 0 Å². The summed E-state index contributed by atoms with van der Waals surface area (Å²) in [6.45, 7) is 4.85. The Morgan fingerprint density at radius 3 is 1.11 bits per heavy atom. The molecule has 0 aliphatic carbocycles. The molecular weight excluding hydrogens is 791 g/mol. The average molecular weight is 901 g/mol. The molecule has 376 valence electrons. The fourth-order valence-electron chi connectivity index (χ4n) is 8.50. The minimum atomic E-state index is -0.861. The summed E-state index contributed by atoms with van der Waals surface area (Å²) < 4.78 is 5.46. The third-order valence-corrected chi connectivity index (χ3v) is 12.9. The van der Waals surface area contributed by atoms with Crippen LogP contribution >= 0.6 is 0 Å². The standard InChI is InChI=1S/C58H109NO5/c1-3-5-7-9-11-13-15-17-19-21-23-24-26-30-34-38-42-46-50-56(61)55(54-60)59-57(62)51-47-43-39-35-31-28-29-33-37-41-45-49-53-64-58(63)52-48-44-40-36-32-27-25-22-20-18-16-14-12-10-8-6-4-2/h18,20,29,33,46,50,55-56,60-61H,3-17,19,21-28,30-32,34-45,47-49,51-54H2,1-2H3,(H,59,62)/b20-18-,33-29-,50-46+. The van der Waals surface area contributed by atoms with Crippen LogP contribution in [0, 0.1) is 0 Å². The summed E-state index contributed by atoms with van der Waals surface area (Å²) in [6.07, 6.45) is 65.8. The van der Waals surface area contributed by atoms with Crippen molar-refractivity contribution in [2.24, 2.45) is 0 Å². The Hall–Kier alpha value is -1.92. The summed E-state index contributed by atoms with van der Waals surface area (Å²) in [7, 11) is 0. The predicted octanol–water partition coefficient (Wildman–Crippen LogP) is 17.2. The molecule has 0 saturated heterocycles. The first-order valence-electron chi connectivity index (χ1n) is 28.3. The van der Waals surface area contributed by atoms with Gasteiger partial charge in [-0.05, 0) is 89.9 Å². The van der Waals surface area contributed by atoms with Crippen LogP contribution in [-0.2, 0) is 14.3 Å². The molecule has 0 heterocycles. The van der Waals surface area contributed by atoms with E-state index in [1.807, 2.05) is 6.08 Å². The van der Waals surface area contributed by atoms with Crippen LogP contribution in [-0.4, -0.2) is 47.4 Å². The van der Waals surface area contributed by atoms with Crippen molar-refractivity contribution in [3.8, 4) is 0 Å². The van der Waals surface area contributed by atoms with Crippen molar-refractivity contribution in [1.29, 1.82) is 0 Å². The largest absolute Gasteiger partial charge is 0.466 e. The maximum Gasteiger partial charge on any atom is 0.305 e. The molecule has 0 bridgehead atoms. The van der Waals surface area contributed by atoms with E-state index < -0.39 is 12.1 Å². The molecule has 2 atom stereocenters. The Morgan fingerprint density at radius 2 is 0.734 bits per heavy atom. The molecule has 0 aliphatic heterocycles. The first kappa shape index (κ1) is 62.1. The maximum absolute atomic E-state index is 12.5. The van der Waals surface area contributed by atoms with Gasteiger partial charge in [0.05, 0.1) is 25.4 Å². The Morgan fingerprint density at radius 1 is 0.422 bits per heavy atom. The number of carbonyl (C=O) groups excluding carboxylic acids is 2. The lowest BCUT2D eigenvalue weighted by Gasteiger charge is -2.20. The highest BCUT2D eigenvalue weighted by molar-refractivity contribution is 5.76. The molecule has 64 heavy (non-hydrogen) atoms. The summed E-state index contributed by atoms with van der Waals surface area (Å²) in [5.74, 6) is -0.121. The summed E-state index contributed by atoms with van der Waals surface area (Å²) in [5.41, 5.74) is 0. The van der Waals surface area contributed by atoms with Crippen molar-refractivity contribution < 1.29 is 24.5 Å². The lowest BCUT2D eigenvalue weighted by atomic mass is 10.0. The number of carbonyl (C=O) groups is 2. The minimum absolute atomic E-state index is 0.0277. The van der Waals surface area contributed by atoms with E-state index in [1.54, 1.807) is 6.08 Å². The third-order valence-electron chi connectivity index (χ3n) is 12.9. The molecule has 0 aromatic carbocycles. The first-order chi connectivity index (χ1) is 31.5. The lowest BCUT2D eigenvalue weighted by Crippen LogP contribution is -2.45. The van der Waals surface area contributed by atoms with E-state index in [1.165, 1.54) is 186 Å². The molecule has 3 N–H and O–H groups in total. The van der Waals surface area contributed by atoms with Gasteiger partial charge in [-0.15, -0.1) is 0 Å². The Kier molecular flexibility index (Phi) is 52.1. The summed E-state index contributed by atoms with van der Waals surface area (Å²) in [5, 5.41) is 23.1. The topological polar surface area (TPSA) is 95.9 Å². The molecule has 0 aromatic rings. The van der Waals surface area contributed by atoms with Gasteiger partial charge in [-0.3, -0.25) is 9.59 Å². The van der Waals surface area contributed by atoms with Crippen molar-refractivity contribution >= 4 is 11.9 Å². The average Bonchev–Trinajstić information content (AvgIpc) is 3.29. The van der Waals surface area contributed by atoms with Gasteiger partial charge in [0.2, 0.25) is 5.91 Å². The fraction of sp³-hybridized carbons (Fsp3) is 0.862. The van der Waals surface area contributed by atoms with E-state index in [4.69, 9.17) is 4.74 Å². The monoisotopic (exact) mass is 900 g/mol. The van der Waals surface area contributed by atoms with Crippen LogP contribution in [0.4, 0.5) is 0 Å². The number of aliphatic hydroxyl groups is 2. The molecule has 6 heteroatoms. The van der Waals surface area contributed by atoms with E-state index in [9.17, 15) is 19.8 Å². The van der Waals surface area contributed by atoms with Crippen LogP contribution in [0.5, 0.6) is 0 Å². The van der Waals surface area contributed by atoms with Crippen LogP contribution in [0.25, 0.3) is 0 Å². The number of allylic oxidation sites excluding steroid dienone is 5. The molecule has 0 radical (unpaired) electrons. The van der Waals surface area contributed by atoms with Crippen LogP contribution in [0.2, 0.25) is 0 Å². The Labute approximate surface area is 398 Å². The van der Waals surface area contributed by atoms with Gasteiger partial charge in [0.25, 0.3) is 0 Å². The van der Waals surface area contributed by atoms with Crippen molar-refractivity contribution in [1.82, 2.24) is 5.32 Å². The second-order valence-electron chi connectivity index (χ2n) is 19.3. The lowest BCUT2D eigenvalue weighted by molar-refractivity contribution is -0.143. The Balaban J connectivity index is 3.53. The van der Waals surface area contributed by atoms with Gasteiger partial charge in [-0.2, -0.15) is 0 Å². The number of hydrogen-bond donors (Lipinski definition) is 3. The van der Waals surface area contributed by atoms with E-state index in [-0.39, 0.29) is 18.5 Å². The molecule has 0 saturated carbocycles. The van der Waals surface area contributed by atoms with Gasteiger partial charge in [0.1, 0.15) is 0 Å². The molecule has 1 amide bonds. The smallest absolute Gasteiger partial charge is 0.305 e. The second kappa shape index (κ2) is 53.7. The summed E-state index contributed by atoms with van der Waals surface area (Å²) in [6, 6.07) is -0.647. The van der Waals surface area contributed by atoms with E-state index in [0.717, 1.165) is 83.5 Å². The maximum atomic E-state index is 12.5. The molecule has 6 nitrogen and oxygen atoms in total. The predicted molar refractivity (Wildman–Crippen MR) is 278 cm³/mol. The second-order valence-corrected chi connectivity index (χ2v) is 19.3. The highest BCUT2D eigenvalue weighted by Crippen LogP contribution is 2.16. The normalized spacial score (nSPS) is 12.9. The molecule has 0 fully saturated rings. The Bertz CT molecular complexity index is 1040. The van der Waals surface area contributed by atoms with Gasteiger partial charge < -0.3 is 20.3 Å². The zero-order valence-corrected chi connectivity index (χ0v) is 42.8. The number of aliphatic hydroxyl groups excluding tert-OH is 2. The zero-order chi connectivity index (χ0) is 46.5. The van der Waals surface area contributed by atoms with E-state index >= 15 is 0 Å². The SMILES string of the molecule is CCCCCCCC/C=C\CCCCCCCCCC(=O)OCCCCC/C=C\CCCCCCCC(=O)NC(CO)C(O)/C=C/CCCCCCCCCCCCCCCCCC. The number of amides is 1. The van der Waals surface area contributed by atoms with E-state index in [0.29, 0.717) is 19.4 Å². The molecular formula is C58H109NO5. The molecule has 0 aliphatic rings. The van der Waals surface area contributed by atoms with Crippen LogP contribution < -0.4 is 5.32 Å². The van der Waals surface area contributed by atoms with Crippen molar-refractivity contribution in [3.05, 3.63) is 36.5 Å². The van der Waals surface area contributed by atoms with Gasteiger partial charge in [0, 0.05) is 12.8 Å². The number of hydrogen-bond acceptors (Lipinski definition) is 5. The van der Waals surface area contributed by atoms with Crippen LogP contribution in [0.3, 0.4) is 0 Å². The van der Waals surface area contributed by atoms with Crippen LogP contribution in [0.1, 0.15) is 296 Å². The molecule has 2 unspecified atom stereocenters. The van der Waals surface area contributed by atoms with Crippen LogP contribution in [0.15, 0.2) is 36.5 Å². The van der Waals surface area contributed by atoms with Crippen molar-refractivity contribution in [2.45, 2.75) is 309 Å². The first-order valence-corrected chi connectivity index (χ1v) is 28.3. The molecule has 0 aromatic heterocycles. The number of nitrogens with one attached hydrogen (secondary N) is 1. The number of rotatable bonds is 52. The third kappa shape index (κ3) is 49.5. The van der Waals surface area contributed by atoms with Gasteiger partial charge in [-0.25, -0.2) is 0 Å². The summed E-state index contributed by atoms with van der Waals surface area (Å²) >= 11 is 0. The molecule has 0 rings (SSSR count). The van der Waals surface area contributed by atoms with Gasteiger partial charge in [-0.1, -0.05) is 230 Å². The highest BCUT2D eigenvalue weighted by Gasteiger charge is 2.18. The number of unbranched alkanes of at least 4 members (excludes halogenated alkanes) is 37.